The minimum absolute atomic E-state index is 0.0355. The van der Waals surface area contributed by atoms with Crippen LogP contribution in [0.15, 0.2) is 105 Å². The number of hydrogen-bond donors (Lipinski definition) is 0. The van der Waals surface area contributed by atoms with Gasteiger partial charge in [0.15, 0.2) is 16.9 Å². The van der Waals surface area contributed by atoms with Crippen LogP contribution < -0.4 is 19.8 Å². The zero-order valence-electron chi connectivity index (χ0n) is 24.0. The van der Waals surface area contributed by atoms with Crippen LogP contribution in [0.25, 0.3) is 11.0 Å². The molecule has 8 nitrogen and oxygen atoms in total. The number of esters is 1. The van der Waals surface area contributed by atoms with Crippen molar-refractivity contribution in [1.82, 2.24) is 0 Å². The Morgan fingerprint density at radius 2 is 1.64 bits per heavy atom. The molecule has 1 aliphatic rings. The number of anilines is 1. The van der Waals surface area contributed by atoms with Crippen LogP contribution in [0.5, 0.6) is 11.5 Å². The van der Waals surface area contributed by atoms with Crippen LogP contribution in [0.3, 0.4) is 0 Å². The van der Waals surface area contributed by atoms with E-state index in [1.807, 2.05) is 43.3 Å². The Labute approximate surface area is 261 Å². The summed E-state index contributed by atoms with van der Waals surface area (Å²) in [6, 6.07) is 25.9. The highest BCUT2D eigenvalue weighted by Crippen LogP contribution is 2.43. The van der Waals surface area contributed by atoms with E-state index < -0.39 is 17.9 Å². The van der Waals surface area contributed by atoms with Crippen LogP contribution in [-0.2, 0) is 11.3 Å². The summed E-state index contributed by atoms with van der Waals surface area (Å²) in [7, 11) is 0. The van der Waals surface area contributed by atoms with Crippen molar-refractivity contribution in [3.63, 3.8) is 0 Å². The number of hydrogen-bond acceptors (Lipinski definition) is 7. The third-order valence-corrected chi connectivity index (χ3v) is 7.80. The Morgan fingerprint density at radius 1 is 0.864 bits per heavy atom. The van der Waals surface area contributed by atoms with Gasteiger partial charge in [0.2, 0.25) is 5.76 Å². The monoisotopic (exact) mass is 653 g/mol. The van der Waals surface area contributed by atoms with Gasteiger partial charge in [0.05, 0.1) is 35.8 Å². The lowest BCUT2D eigenvalue weighted by atomic mass is 9.97. The lowest BCUT2D eigenvalue weighted by Crippen LogP contribution is -2.29. The molecule has 0 fully saturated rings. The van der Waals surface area contributed by atoms with Gasteiger partial charge in [0.25, 0.3) is 5.91 Å². The van der Waals surface area contributed by atoms with Gasteiger partial charge in [-0.05, 0) is 79.6 Å². The molecule has 222 valence electrons. The normalized spacial score (nSPS) is 14.0. The molecule has 0 N–H and O–H groups in total. The first kappa shape index (κ1) is 29.2. The van der Waals surface area contributed by atoms with Crippen molar-refractivity contribution in [3.8, 4) is 11.5 Å². The molecule has 1 unspecified atom stereocenters. The van der Waals surface area contributed by atoms with Crippen LogP contribution in [-0.4, -0.2) is 25.1 Å². The maximum absolute atomic E-state index is 14.1. The van der Waals surface area contributed by atoms with Gasteiger partial charge in [0.1, 0.15) is 12.2 Å². The van der Waals surface area contributed by atoms with Gasteiger partial charge in [-0.1, -0.05) is 52.3 Å². The van der Waals surface area contributed by atoms with E-state index in [1.54, 1.807) is 61.5 Å². The quantitative estimate of drug-likeness (QED) is 0.152. The van der Waals surface area contributed by atoms with Crippen LogP contribution in [0.2, 0.25) is 0 Å². The minimum atomic E-state index is -0.840. The molecule has 4 aromatic carbocycles. The summed E-state index contributed by atoms with van der Waals surface area (Å²) in [5, 5.41) is 0.350. The molecule has 0 aliphatic carbocycles. The Hall–Kier alpha value is -4.89. The van der Waals surface area contributed by atoms with Gasteiger partial charge in [-0.25, -0.2) is 4.79 Å². The van der Waals surface area contributed by atoms with Crippen molar-refractivity contribution in [3.05, 3.63) is 134 Å². The number of nitrogens with zero attached hydrogens (tertiary/aromatic N) is 1. The third kappa shape index (κ3) is 5.46. The maximum Gasteiger partial charge on any atom is 0.338 e. The van der Waals surface area contributed by atoms with Gasteiger partial charge in [-0.3, -0.25) is 14.5 Å². The van der Waals surface area contributed by atoms with Crippen molar-refractivity contribution in [2.45, 2.75) is 26.5 Å². The molecule has 9 heteroatoms. The Kier molecular flexibility index (Phi) is 8.21. The van der Waals surface area contributed by atoms with Gasteiger partial charge in [-0.15, -0.1) is 0 Å². The second kappa shape index (κ2) is 12.4. The van der Waals surface area contributed by atoms with Gasteiger partial charge in [0, 0.05) is 10.2 Å². The van der Waals surface area contributed by atoms with E-state index in [1.165, 1.54) is 4.90 Å². The lowest BCUT2D eigenvalue weighted by molar-refractivity contribution is 0.0526. The van der Waals surface area contributed by atoms with Gasteiger partial charge >= 0.3 is 5.97 Å². The number of rotatable bonds is 9. The van der Waals surface area contributed by atoms with Crippen molar-refractivity contribution in [2.24, 2.45) is 0 Å². The number of halogens is 1. The van der Waals surface area contributed by atoms with Crippen LogP contribution in [0.4, 0.5) is 5.69 Å². The van der Waals surface area contributed by atoms with Crippen molar-refractivity contribution >= 4 is 44.5 Å². The average Bonchev–Trinajstić information content (AvgIpc) is 3.33. The number of carbonyl (C=O) groups is 2. The largest absolute Gasteiger partial charge is 0.490 e. The first-order valence-electron chi connectivity index (χ1n) is 14.2. The smallest absolute Gasteiger partial charge is 0.338 e. The molecular formula is C35H28BrNO7. The third-order valence-electron chi connectivity index (χ3n) is 7.31. The van der Waals surface area contributed by atoms with E-state index >= 15 is 0 Å². The summed E-state index contributed by atoms with van der Waals surface area (Å²) in [5.41, 5.74) is 2.67. The van der Waals surface area contributed by atoms with Crippen LogP contribution in [0, 0.1) is 0 Å². The molecule has 0 saturated carbocycles. The van der Waals surface area contributed by atoms with E-state index in [0.29, 0.717) is 57.0 Å². The topological polar surface area (TPSA) is 95.3 Å². The molecule has 5 aromatic rings. The Bertz CT molecular complexity index is 1920. The molecular weight excluding hydrogens is 626 g/mol. The summed E-state index contributed by atoms with van der Waals surface area (Å²) < 4.78 is 24.0. The second-order valence-electron chi connectivity index (χ2n) is 10.1. The maximum atomic E-state index is 14.1. The van der Waals surface area contributed by atoms with Crippen molar-refractivity contribution in [1.29, 1.82) is 0 Å². The van der Waals surface area contributed by atoms with Crippen LogP contribution >= 0.6 is 15.9 Å². The van der Waals surface area contributed by atoms with Crippen LogP contribution in [0.1, 0.15) is 57.5 Å². The molecule has 1 aliphatic heterocycles. The number of fused-ring (bicyclic) bond motifs is 2. The molecule has 1 atom stereocenters. The summed E-state index contributed by atoms with van der Waals surface area (Å²) in [6.07, 6.45) is 0. The second-order valence-corrected chi connectivity index (χ2v) is 11.0. The minimum Gasteiger partial charge on any atom is -0.490 e. The first-order chi connectivity index (χ1) is 21.4. The number of benzene rings is 4. The fourth-order valence-corrected chi connectivity index (χ4v) is 5.68. The summed E-state index contributed by atoms with van der Waals surface area (Å²) in [5.74, 6) is 0.0359. The van der Waals surface area contributed by atoms with E-state index in [2.05, 4.69) is 15.9 Å². The van der Waals surface area contributed by atoms with E-state index in [4.69, 9.17) is 18.6 Å². The molecule has 1 amide bonds. The highest BCUT2D eigenvalue weighted by Gasteiger charge is 2.44. The summed E-state index contributed by atoms with van der Waals surface area (Å²) in [4.78, 5) is 41.9. The highest BCUT2D eigenvalue weighted by molar-refractivity contribution is 9.10. The van der Waals surface area contributed by atoms with E-state index in [9.17, 15) is 14.4 Å². The SMILES string of the molecule is CCOC(=O)c1ccc(N2C(=O)c3oc4ccc(Br)cc4c(=O)c3C2c2ccc(OCc3ccccc3)c(OCC)c2)cc1. The predicted octanol–water partition coefficient (Wildman–Crippen LogP) is 7.46. The molecule has 0 radical (unpaired) electrons. The zero-order chi connectivity index (χ0) is 30.8. The molecule has 2 heterocycles. The average molecular weight is 655 g/mol. The summed E-state index contributed by atoms with van der Waals surface area (Å²) in [6.45, 7) is 4.57. The zero-order valence-corrected chi connectivity index (χ0v) is 25.6. The van der Waals surface area contributed by atoms with Gasteiger partial charge in [-0.2, -0.15) is 0 Å². The van der Waals surface area contributed by atoms with Gasteiger partial charge < -0.3 is 18.6 Å². The molecule has 1 aromatic heterocycles. The highest BCUT2D eigenvalue weighted by atomic mass is 79.9. The number of ether oxygens (including phenoxy) is 3. The fourth-order valence-electron chi connectivity index (χ4n) is 5.32. The van der Waals surface area contributed by atoms with Crippen molar-refractivity contribution < 1.29 is 28.2 Å². The molecule has 6 rings (SSSR count). The Balaban J connectivity index is 1.48. The standard InChI is InChI=1S/C35H28BrNO7/c1-3-41-29-18-23(12-16-28(29)43-20-21-8-6-5-7-9-21)31-30-32(38)26-19-24(36)13-17-27(26)44-33(30)34(39)37(31)25-14-10-22(11-15-25)35(40)42-4-2/h5-19,31H,3-4,20H2,1-2H3. The van der Waals surface area contributed by atoms with E-state index in [-0.39, 0.29) is 23.4 Å². The number of carbonyl (C=O) groups excluding carboxylic acids is 2. The molecule has 0 bridgehead atoms. The van der Waals surface area contributed by atoms with E-state index in [0.717, 1.165) is 5.56 Å². The predicted molar refractivity (Wildman–Crippen MR) is 170 cm³/mol. The molecule has 0 saturated heterocycles. The lowest BCUT2D eigenvalue weighted by Gasteiger charge is -2.26. The van der Waals surface area contributed by atoms with Crippen molar-refractivity contribution in [2.75, 3.05) is 18.1 Å². The molecule has 0 spiro atoms. The molecule has 44 heavy (non-hydrogen) atoms. The number of amides is 1. The first-order valence-corrected chi connectivity index (χ1v) is 15.0. The fraction of sp³-hybridized carbons (Fsp3) is 0.171. The summed E-state index contributed by atoms with van der Waals surface area (Å²) >= 11 is 3.44. The Morgan fingerprint density at radius 3 is 2.36 bits per heavy atom.